The van der Waals surface area contributed by atoms with Crippen molar-refractivity contribution in [2.45, 2.75) is 25.7 Å². The van der Waals surface area contributed by atoms with Crippen LogP contribution in [0.25, 0.3) is 0 Å². The van der Waals surface area contributed by atoms with Crippen LogP contribution in [0.4, 0.5) is 13.2 Å². The average Bonchev–Trinajstić information content (AvgIpc) is 2.80. The lowest BCUT2D eigenvalue weighted by molar-refractivity contribution is -0.137. The van der Waals surface area contributed by atoms with Crippen molar-refractivity contribution in [3.05, 3.63) is 94.3 Å². The van der Waals surface area contributed by atoms with E-state index >= 15 is 0 Å². The van der Waals surface area contributed by atoms with Gasteiger partial charge in [0, 0.05) is 12.2 Å². The molecule has 0 fully saturated rings. The van der Waals surface area contributed by atoms with Gasteiger partial charge in [0.05, 0.1) is 11.1 Å². The standard InChI is InChI=1S/C24H21F3N2O5/c1-14-9-17(21(30)13-34-19-7-5-16(6-8-19)23(32)33)11-20(29-14)22(31)28-12-15-3-2-4-18(10-15)24(25,26)27/h2-11,21,30H,12-13H2,1H3,(H,28,31)(H,32,33). The number of rotatable bonds is 8. The van der Waals surface area contributed by atoms with Crippen LogP contribution in [-0.4, -0.2) is 33.7 Å². The van der Waals surface area contributed by atoms with Gasteiger partial charge in [0.2, 0.25) is 0 Å². The SMILES string of the molecule is Cc1cc(C(O)COc2ccc(C(=O)O)cc2)cc(C(=O)NCc2cccc(C(F)(F)F)c2)n1. The molecule has 0 radical (unpaired) electrons. The number of alkyl halides is 3. The summed E-state index contributed by atoms with van der Waals surface area (Å²) >= 11 is 0. The number of nitrogens with one attached hydrogen (secondary N) is 1. The Balaban J connectivity index is 1.64. The number of hydrogen-bond donors (Lipinski definition) is 3. The Morgan fingerprint density at radius 1 is 1.09 bits per heavy atom. The molecule has 1 atom stereocenters. The molecular weight excluding hydrogens is 453 g/mol. The number of carboxylic acids is 1. The van der Waals surface area contributed by atoms with Gasteiger partial charge in [-0.15, -0.1) is 0 Å². The molecule has 0 aliphatic rings. The first-order valence-corrected chi connectivity index (χ1v) is 10.1. The topological polar surface area (TPSA) is 109 Å². The number of nitrogens with zero attached hydrogens (tertiary/aromatic N) is 1. The number of pyridine rings is 1. The minimum Gasteiger partial charge on any atom is -0.491 e. The third-order valence-electron chi connectivity index (χ3n) is 4.81. The van der Waals surface area contributed by atoms with E-state index in [1.54, 1.807) is 13.0 Å². The highest BCUT2D eigenvalue weighted by atomic mass is 19.4. The summed E-state index contributed by atoms with van der Waals surface area (Å²) in [4.78, 5) is 27.6. The molecule has 0 spiro atoms. The normalized spacial score (nSPS) is 12.1. The van der Waals surface area contributed by atoms with E-state index in [-0.39, 0.29) is 30.0 Å². The number of aromatic carboxylic acids is 1. The molecule has 1 amide bonds. The monoisotopic (exact) mass is 474 g/mol. The van der Waals surface area contributed by atoms with Crippen molar-refractivity contribution in [2.75, 3.05) is 6.61 Å². The maximum Gasteiger partial charge on any atom is 0.416 e. The summed E-state index contributed by atoms with van der Waals surface area (Å²) in [6.45, 7) is 1.33. The number of aliphatic hydroxyl groups excluding tert-OH is 1. The van der Waals surface area contributed by atoms with Crippen molar-refractivity contribution in [2.24, 2.45) is 0 Å². The summed E-state index contributed by atoms with van der Waals surface area (Å²) in [7, 11) is 0. The van der Waals surface area contributed by atoms with E-state index < -0.39 is 29.7 Å². The molecule has 10 heteroatoms. The minimum atomic E-state index is -4.48. The van der Waals surface area contributed by atoms with E-state index in [1.165, 1.54) is 42.5 Å². The predicted octanol–water partition coefficient (Wildman–Crippen LogP) is 4.15. The lowest BCUT2D eigenvalue weighted by Crippen LogP contribution is -2.25. The van der Waals surface area contributed by atoms with E-state index in [4.69, 9.17) is 9.84 Å². The van der Waals surface area contributed by atoms with Gasteiger partial charge in [-0.3, -0.25) is 4.79 Å². The highest BCUT2D eigenvalue weighted by molar-refractivity contribution is 5.92. The smallest absolute Gasteiger partial charge is 0.416 e. The van der Waals surface area contributed by atoms with Gasteiger partial charge in [0.15, 0.2) is 0 Å². The number of ether oxygens (including phenoxy) is 1. The lowest BCUT2D eigenvalue weighted by atomic mass is 10.1. The number of carbonyl (C=O) groups is 2. The van der Waals surface area contributed by atoms with Gasteiger partial charge in [0.1, 0.15) is 24.2 Å². The quantitative estimate of drug-likeness (QED) is 0.453. The molecule has 7 nitrogen and oxygen atoms in total. The summed E-state index contributed by atoms with van der Waals surface area (Å²) in [6, 6.07) is 13.2. The van der Waals surface area contributed by atoms with Crippen LogP contribution in [0.3, 0.4) is 0 Å². The summed E-state index contributed by atoms with van der Waals surface area (Å²) in [5, 5.41) is 21.9. The fourth-order valence-corrected chi connectivity index (χ4v) is 3.10. The molecule has 34 heavy (non-hydrogen) atoms. The first-order valence-electron chi connectivity index (χ1n) is 10.1. The van der Waals surface area contributed by atoms with Crippen molar-refractivity contribution in [3.8, 4) is 5.75 Å². The lowest BCUT2D eigenvalue weighted by Gasteiger charge is -2.15. The highest BCUT2D eigenvalue weighted by Crippen LogP contribution is 2.29. The number of aliphatic hydroxyl groups is 1. The second-order valence-corrected chi connectivity index (χ2v) is 7.46. The fourth-order valence-electron chi connectivity index (χ4n) is 3.10. The van der Waals surface area contributed by atoms with Gasteiger partial charge in [-0.25, -0.2) is 9.78 Å². The number of hydrogen-bond acceptors (Lipinski definition) is 5. The zero-order chi connectivity index (χ0) is 24.9. The van der Waals surface area contributed by atoms with Crippen molar-refractivity contribution >= 4 is 11.9 Å². The van der Waals surface area contributed by atoms with Crippen molar-refractivity contribution in [1.82, 2.24) is 10.3 Å². The van der Waals surface area contributed by atoms with Crippen LogP contribution in [0.5, 0.6) is 5.75 Å². The summed E-state index contributed by atoms with van der Waals surface area (Å²) in [5.74, 6) is -1.33. The Hall–Kier alpha value is -3.92. The van der Waals surface area contributed by atoms with Crippen LogP contribution in [0.2, 0.25) is 0 Å². The van der Waals surface area contributed by atoms with Crippen LogP contribution in [0.1, 0.15) is 49.3 Å². The van der Waals surface area contributed by atoms with Crippen molar-refractivity contribution < 1.29 is 37.7 Å². The maximum absolute atomic E-state index is 12.9. The highest BCUT2D eigenvalue weighted by Gasteiger charge is 2.30. The van der Waals surface area contributed by atoms with Gasteiger partial charge in [-0.05, 0) is 66.6 Å². The third-order valence-corrected chi connectivity index (χ3v) is 4.81. The molecular formula is C24H21F3N2O5. The fraction of sp³-hybridized carbons (Fsp3) is 0.208. The number of aromatic nitrogens is 1. The average molecular weight is 474 g/mol. The molecule has 1 aromatic heterocycles. The Morgan fingerprint density at radius 3 is 2.44 bits per heavy atom. The number of benzene rings is 2. The van der Waals surface area contributed by atoms with Gasteiger partial charge in [0.25, 0.3) is 5.91 Å². The summed E-state index contributed by atoms with van der Waals surface area (Å²) < 4.78 is 44.1. The van der Waals surface area contributed by atoms with Gasteiger partial charge < -0.3 is 20.3 Å². The summed E-state index contributed by atoms with van der Waals surface area (Å²) in [6.07, 6.45) is -5.60. The van der Waals surface area contributed by atoms with Crippen LogP contribution in [-0.2, 0) is 12.7 Å². The Kier molecular flexibility index (Phi) is 7.52. The molecule has 178 valence electrons. The third kappa shape index (κ3) is 6.55. The largest absolute Gasteiger partial charge is 0.491 e. The number of carbonyl (C=O) groups excluding carboxylic acids is 1. The van der Waals surface area contributed by atoms with Crippen LogP contribution in [0, 0.1) is 6.92 Å². The Morgan fingerprint density at radius 2 is 1.79 bits per heavy atom. The van der Waals surface area contributed by atoms with Crippen LogP contribution >= 0.6 is 0 Å². The molecule has 3 aromatic rings. The Bertz CT molecular complexity index is 1180. The van der Waals surface area contributed by atoms with E-state index in [1.807, 2.05) is 0 Å². The van der Waals surface area contributed by atoms with Gasteiger partial charge >= 0.3 is 12.1 Å². The number of aryl methyl sites for hydroxylation is 1. The zero-order valence-corrected chi connectivity index (χ0v) is 18.0. The molecule has 0 bridgehead atoms. The number of halogens is 3. The van der Waals surface area contributed by atoms with Crippen LogP contribution in [0.15, 0.2) is 60.7 Å². The van der Waals surface area contributed by atoms with Gasteiger partial charge in [-0.2, -0.15) is 13.2 Å². The molecule has 0 aliphatic carbocycles. The molecule has 2 aromatic carbocycles. The second kappa shape index (κ2) is 10.3. The molecule has 3 N–H and O–H groups in total. The first kappa shape index (κ1) is 24.7. The number of carboxylic acid groups (broad SMARTS) is 1. The molecule has 0 saturated heterocycles. The first-order chi connectivity index (χ1) is 16.0. The van der Waals surface area contributed by atoms with E-state index in [0.717, 1.165) is 12.1 Å². The maximum atomic E-state index is 12.9. The molecule has 0 saturated carbocycles. The van der Waals surface area contributed by atoms with Gasteiger partial charge in [-0.1, -0.05) is 12.1 Å². The van der Waals surface area contributed by atoms with Crippen molar-refractivity contribution in [1.29, 1.82) is 0 Å². The Labute approximate surface area is 192 Å². The zero-order valence-electron chi connectivity index (χ0n) is 18.0. The van der Waals surface area contributed by atoms with E-state index in [2.05, 4.69) is 10.3 Å². The molecule has 1 unspecified atom stereocenters. The summed E-state index contributed by atoms with van der Waals surface area (Å²) in [5.41, 5.74) is 0.366. The van der Waals surface area contributed by atoms with E-state index in [0.29, 0.717) is 17.0 Å². The number of amides is 1. The molecule has 0 aliphatic heterocycles. The second-order valence-electron chi connectivity index (χ2n) is 7.46. The molecule has 1 heterocycles. The van der Waals surface area contributed by atoms with E-state index in [9.17, 15) is 27.9 Å². The minimum absolute atomic E-state index is 0.00756. The predicted molar refractivity (Wildman–Crippen MR) is 115 cm³/mol. The molecule has 3 rings (SSSR count). The van der Waals surface area contributed by atoms with Crippen LogP contribution < -0.4 is 10.1 Å². The van der Waals surface area contributed by atoms with Crippen molar-refractivity contribution in [3.63, 3.8) is 0 Å².